The van der Waals surface area contributed by atoms with E-state index in [2.05, 4.69) is 39.3 Å². The Hall–Kier alpha value is -3.06. The Morgan fingerprint density at radius 3 is 2.61 bits per heavy atom. The fourth-order valence-electron chi connectivity index (χ4n) is 3.59. The van der Waals surface area contributed by atoms with Crippen molar-refractivity contribution in [2.45, 2.75) is 18.9 Å². The number of hydrogen-bond donors (Lipinski definition) is 1. The normalized spacial score (nSPS) is 15.2. The largest absolute Gasteiger partial charge is 0.324 e. The molecule has 1 aliphatic rings. The van der Waals surface area contributed by atoms with E-state index in [0.717, 1.165) is 48.0 Å². The molecular formula is C21H24N6O. The van der Waals surface area contributed by atoms with Gasteiger partial charge in [0.05, 0.1) is 11.9 Å². The van der Waals surface area contributed by atoms with Crippen molar-refractivity contribution in [2.75, 3.05) is 32.5 Å². The van der Waals surface area contributed by atoms with Gasteiger partial charge in [0.25, 0.3) is 0 Å². The van der Waals surface area contributed by atoms with Crippen molar-refractivity contribution in [1.82, 2.24) is 24.8 Å². The summed E-state index contributed by atoms with van der Waals surface area (Å²) in [5.74, 6) is 0.559. The zero-order valence-corrected chi connectivity index (χ0v) is 16.2. The number of carbonyl (C=O) groups is 1. The molecule has 1 fully saturated rings. The molecule has 0 unspecified atom stereocenters. The first kappa shape index (κ1) is 18.3. The minimum Gasteiger partial charge on any atom is -0.324 e. The summed E-state index contributed by atoms with van der Waals surface area (Å²) in [6.07, 6.45) is 8.84. The molecule has 0 spiro atoms. The number of aromatic nitrogens is 3. The average molecular weight is 376 g/mol. The van der Waals surface area contributed by atoms with Crippen LogP contribution in [-0.4, -0.2) is 64.0 Å². The highest BCUT2D eigenvalue weighted by Gasteiger charge is 2.24. The van der Waals surface area contributed by atoms with Crippen LogP contribution in [0.15, 0.2) is 49.1 Å². The van der Waals surface area contributed by atoms with Crippen LogP contribution in [0, 0.1) is 0 Å². The fourth-order valence-corrected chi connectivity index (χ4v) is 3.59. The number of piperidine rings is 1. The predicted octanol–water partition coefficient (Wildman–Crippen LogP) is 3.25. The van der Waals surface area contributed by atoms with E-state index >= 15 is 0 Å². The van der Waals surface area contributed by atoms with Gasteiger partial charge in [-0.2, -0.15) is 0 Å². The van der Waals surface area contributed by atoms with Crippen LogP contribution in [0.5, 0.6) is 0 Å². The number of anilines is 1. The fraction of sp³-hybridized carbons (Fsp3) is 0.333. The number of nitrogens with one attached hydrogen (secondary N) is 1. The van der Waals surface area contributed by atoms with Gasteiger partial charge in [0.2, 0.25) is 0 Å². The number of hydrogen-bond acceptors (Lipinski definition) is 5. The summed E-state index contributed by atoms with van der Waals surface area (Å²) in [5, 5.41) is 4.95. The number of fused-ring (bicyclic) bond motifs is 1. The quantitative estimate of drug-likeness (QED) is 0.759. The third-order valence-electron chi connectivity index (χ3n) is 5.30. The van der Waals surface area contributed by atoms with E-state index in [1.54, 1.807) is 24.8 Å². The first-order chi connectivity index (χ1) is 13.6. The summed E-state index contributed by atoms with van der Waals surface area (Å²) in [5.41, 5.74) is 1.80. The van der Waals surface area contributed by atoms with Crippen LogP contribution in [0.2, 0.25) is 0 Å². The maximum Gasteiger partial charge on any atom is 0.323 e. The van der Waals surface area contributed by atoms with Crippen molar-refractivity contribution in [2.24, 2.45) is 0 Å². The highest BCUT2D eigenvalue weighted by molar-refractivity contribution is 5.93. The van der Waals surface area contributed by atoms with E-state index in [4.69, 9.17) is 0 Å². The van der Waals surface area contributed by atoms with Gasteiger partial charge in [0.15, 0.2) is 0 Å². The number of amides is 2. The second-order valence-electron chi connectivity index (χ2n) is 7.33. The highest BCUT2D eigenvalue weighted by atomic mass is 16.2. The van der Waals surface area contributed by atoms with E-state index in [0.29, 0.717) is 11.9 Å². The molecule has 1 N–H and O–H groups in total. The second-order valence-corrected chi connectivity index (χ2v) is 7.33. The van der Waals surface area contributed by atoms with Crippen molar-refractivity contribution < 1.29 is 4.79 Å². The Morgan fingerprint density at radius 1 is 1.07 bits per heavy atom. The van der Waals surface area contributed by atoms with Gasteiger partial charge in [0.1, 0.15) is 5.82 Å². The lowest BCUT2D eigenvalue weighted by molar-refractivity contribution is 0.156. The lowest BCUT2D eigenvalue weighted by atomic mass is 10.0. The molecule has 2 amide bonds. The number of likely N-dealkylation sites (tertiary alicyclic amines) is 1. The highest BCUT2D eigenvalue weighted by Crippen LogP contribution is 2.24. The van der Waals surface area contributed by atoms with E-state index in [1.165, 1.54) is 0 Å². The van der Waals surface area contributed by atoms with Crippen molar-refractivity contribution in [1.29, 1.82) is 0 Å². The third kappa shape index (κ3) is 3.94. The standard InChI is InChI=1S/C21H24N6O/c1-26(2)18-5-9-27(10-6-18)21(28)25-20-12-17-11-15(3-4-16(17)13-24-20)19-14-22-7-8-23-19/h3-4,7-8,11-14,18H,5-6,9-10H2,1-2H3,(H,24,25,28). The van der Waals surface area contributed by atoms with Gasteiger partial charge in [-0.25, -0.2) is 9.78 Å². The summed E-state index contributed by atoms with van der Waals surface area (Å²) in [4.78, 5) is 29.6. The first-order valence-electron chi connectivity index (χ1n) is 9.49. The monoisotopic (exact) mass is 376 g/mol. The maximum absolute atomic E-state index is 12.6. The Bertz CT molecular complexity index is 967. The Labute approximate surface area is 164 Å². The maximum atomic E-state index is 12.6. The summed E-state index contributed by atoms with van der Waals surface area (Å²) in [6, 6.07) is 8.40. The molecule has 7 nitrogen and oxygen atoms in total. The van der Waals surface area contributed by atoms with Crippen LogP contribution in [0.4, 0.5) is 10.6 Å². The van der Waals surface area contributed by atoms with Crippen LogP contribution in [0.1, 0.15) is 12.8 Å². The van der Waals surface area contributed by atoms with Gasteiger partial charge >= 0.3 is 6.03 Å². The minimum absolute atomic E-state index is 0.0888. The average Bonchev–Trinajstić information content (AvgIpc) is 2.74. The number of rotatable bonds is 3. The zero-order valence-electron chi connectivity index (χ0n) is 16.2. The third-order valence-corrected chi connectivity index (χ3v) is 5.30. The molecule has 144 valence electrons. The van der Waals surface area contributed by atoms with Crippen molar-refractivity contribution >= 4 is 22.6 Å². The minimum atomic E-state index is -0.0888. The lowest BCUT2D eigenvalue weighted by Crippen LogP contribution is -2.46. The molecule has 28 heavy (non-hydrogen) atoms. The van der Waals surface area contributed by atoms with Crippen molar-refractivity contribution in [3.8, 4) is 11.3 Å². The molecular weight excluding hydrogens is 352 g/mol. The Kier molecular flexibility index (Phi) is 5.16. The molecule has 0 saturated carbocycles. The number of nitrogens with zero attached hydrogens (tertiary/aromatic N) is 5. The van der Waals surface area contributed by atoms with Crippen LogP contribution in [0.25, 0.3) is 22.0 Å². The number of pyridine rings is 1. The first-order valence-corrected chi connectivity index (χ1v) is 9.49. The van der Waals surface area contributed by atoms with Crippen LogP contribution in [-0.2, 0) is 0 Å². The molecule has 0 aliphatic carbocycles. The Morgan fingerprint density at radius 2 is 1.89 bits per heavy atom. The number of urea groups is 1. The molecule has 1 aliphatic heterocycles. The number of benzene rings is 1. The molecule has 0 radical (unpaired) electrons. The van der Waals surface area contributed by atoms with Gasteiger partial charge in [-0.15, -0.1) is 0 Å². The molecule has 1 saturated heterocycles. The van der Waals surface area contributed by atoms with Gasteiger partial charge in [-0.1, -0.05) is 12.1 Å². The van der Waals surface area contributed by atoms with E-state index < -0.39 is 0 Å². The van der Waals surface area contributed by atoms with Gasteiger partial charge in [-0.3, -0.25) is 15.3 Å². The second kappa shape index (κ2) is 7.90. The predicted molar refractivity (Wildman–Crippen MR) is 110 cm³/mol. The molecule has 7 heteroatoms. The summed E-state index contributed by atoms with van der Waals surface area (Å²) in [7, 11) is 4.18. The van der Waals surface area contributed by atoms with E-state index in [-0.39, 0.29) is 6.03 Å². The van der Waals surface area contributed by atoms with Crippen molar-refractivity contribution in [3.63, 3.8) is 0 Å². The van der Waals surface area contributed by atoms with Gasteiger partial charge in [-0.05, 0) is 44.5 Å². The summed E-state index contributed by atoms with van der Waals surface area (Å²) < 4.78 is 0. The topological polar surface area (TPSA) is 74.2 Å². The van der Waals surface area contributed by atoms with Crippen LogP contribution >= 0.6 is 0 Å². The smallest absolute Gasteiger partial charge is 0.323 e. The summed E-state index contributed by atoms with van der Waals surface area (Å²) >= 11 is 0. The summed E-state index contributed by atoms with van der Waals surface area (Å²) in [6.45, 7) is 1.53. The molecule has 3 heterocycles. The van der Waals surface area contributed by atoms with Gasteiger partial charge in [0, 0.05) is 48.7 Å². The molecule has 0 bridgehead atoms. The molecule has 1 aromatic carbocycles. The van der Waals surface area contributed by atoms with E-state index in [1.807, 2.05) is 29.2 Å². The van der Waals surface area contributed by atoms with Crippen molar-refractivity contribution in [3.05, 3.63) is 49.1 Å². The van der Waals surface area contributed by atoms with Crippen LogP contribution < -0.4 is 5.32 Å². The van der Waals surface area contributed by atoms with Gasteiger partial charge < -0.3 is 9.80 Å². The lowest BCUT2D eigenvalue weighted by Gasteiger charge is -2.35. The van der Waals surface area contributed by atoms with Crippen LogP contribution in [0.3, 0.4) is 0 Å². The van der Waals surface area contributed by atoms with E-state index in [9.17, 15) is 4.79 Å². The molecule has 0 atom stereocenters. The number of carbonyl (C=O) groups excluding carboxylic acids is 1. The molecule has 2 aromatic heterocycles. The SMILES string of the molecule is CN(C)C1CCN(C(=O)Nc2cc3cc(-c4cnccn4)ccc3cn2)CC1. The zero-order chi connectivity index (χ0) is 19.5. The molecule has 4 rings (SSSR count). The molecule has 3 aromatic rings. The Balaban J connectivity index is 1.49.